The Hall–Kier alpha value is -4.00. The summed E-state index contributed by atoms with van der Waals surface area (Å²) < 4.78 is 33.9. The first-order valence-electron chi connectivity index (χ1n) is 9.28. The lowest BCUT2D eigenvalue weighted by Crippen LogP contribution is -2.19. The molecule has 2 aromatic heterocycles. The van der Waals surface area contributed by atoms with E-state index in [4.69, 9.17) is 4.42 Å². The fourth-order valence-electron chi connectivity index (χ4n) is 3.49. The molecule has 1 N–H and O–H groups in total. The van der Waals surface area contributed by atoms with Crippen molar-refractivity contribution in [3.8, 4) is 0 Å². The van der Waals surface area contributed by atoms with Crippen LogP contribution in [0.3, 0.4) is 0 Å². The summed E-state index contributed by atoms with van der Waals surface area (Å²) in [5.41, 5.74) is 1.92. The van der Waals surface area contributed by atoms with Crippen molar-refractivity contribution in [2.75, 3.05) is 4.90 Å². The van der Waals surface area contributed by atoms with Gasteiger partial charge in [-0.25, -0.2) is 8.78 Å². The van der Waals surface area contributed by atoms with Crippen LogP contribution in [0.2, 0.25) is 0 Å². The molecule has 148 valence electrons. The molecule has 30 heavy (non-hydrogen) atoms. The molecule has 0 saturated carbocycles. The topological polar surface area (TPSA) is 62.1 Å². The number of rotatable bonds is 4. The van der Waals surface area contributed by atoms with Gasteiger partial charge in [0.25, 0.3) is 0 Å². The number of fused-ring (bicyclic) bond motifs is 2. The van der Waals surface area contributed by atoms with Gasteiger partial charge in [-0.3, -0.25) is 9.69 Å². The maximum absolute atomic E-state index is 14.3. The highest BCUT2D eigenvalue weighted by Gasteiger charge is 2.19. The monoisotopic (exact) mass is 403 g/mol. The molecule has 5 rings (SSSR count). The minimum atomic E-state index is -1.08. The second-order valence-electron chi connectivity index (χ2n) is 6.83. The summed E-state index contributed by atoms with van der Waals surface area (Å²) in [6, 6.07) is 21.0. The number of hydrogen-bond acceptors (Lipinski definition) is 4. The summed E-state index contributed by atoms with van der Waals surface area (Å²) in [5.74, 6) is -2.10. The number of aromatic amines is 1. The zero-order chi connectivity index (χ0) is 20.7. The molecule has 0 saturated heterocycles. The number of aromatic nitrogens is 2. The van der Waals surface area contributed by atoms with Crippen molar-refractivity contribution in [3.05, 3.63) is 100 Å². The van der Waals surface area contributed by atoms with Gasteiger partial charge in [0.15, 0.2) is 17.2 Å². The first kappa shape index (κ1) is 18.1. The molecule has 0 fully saturated rings. The average molecular weight is 403 g/mol. The number of hydrogen-bond donors (Lipinski definition) is 1. The molecule has 0 amide bonds. The van der Waals surface area contributed by atoms with E-state index in [0.717, 1.165) is 11.8 Å². The van der Waals surface area contributed by atoms with Crippen molar-refractivity contribution < 1.29 is 13.2 Å². The smallest absolute Gasteiger partial charge is 0.303 e. The van der Waals surface area contributed by atoms with E-state index in [9.17, 15) is 13.6 Å². The maximum Gasteiger partial charge on any atom is 0.303 e. The molecule has 0 atom stereocenters. The van der Waals surface area contributed by atoms with Crippen LogP contribution in [0.4, 0.5) is 20.5 Å². The fourth-order valence-corrected chi connectivity index (χ4v) is 3.49. The third-order valence-corrected chi connectivity index (χ3v) is 4.90. The van der Waals surface area contributed by atoms with Crippen molar-refractivity contribution in [2.24, 2.45) is 0 Å². The molecule has 0 spiro atoms. The molecular formula is C23H15F2N3O2. The SMILES string of the molecule is O=c1cc(CN(c2ccccc2)c2nc3ccccc3o2)c2ccc(F)c(F)c2[nH]1. The lowest BCUT2D eigenvalue weighted by Gasteiger charge is -2.21. The predicted octanol–water partition coefficient (Wildman–Crippen LogP) is 5.29. The van der Waals surface area contributed by atoms with Gasteiger partial charge in [0.05, 0.1) is 12.1 Å². The Labute approximate surface area is 169 Å². The Kier molecular flexibility index (Phi) is 4.28. The molecule has 5 aromatic rings. The zero-order valence-corrected chi connectivity index (χ0v) is 15.6. The highest BCUT2D eigenvalue weighted by molar-refractivity contribution is 5.83. The second-order valence-corrected chi connectivity index (χ2v) is 6.83. The summed E-state index contributed by atoms with van der Waals surface area (Å²) in [6.45, 7) is 0.169. The number of H-pyrrole nitrogens is 1. The van der Waals surface area contributed by atoms with Crippen LogP contribution in [-0.4, -0.2) is 9.97 Å². The highest BCUT2D eigenvalue weighted by atomic mass is 19.2. The summed E-state index contributed by atoms with van der Waals surface area (Å²) in [4.78, 5) is 20.9. The maximum atomic E-state index is 14.3. The van der Waals surface area contributed by atoms with Crippen LogP contribution >= 0.6 is 0 Å². The van der Waals surface area contributed by atoms with Crippen LogP contribution in [0.25, 0.3) is 22.0 Å². The Morgan fingerprint density at radius 1 is 0.967 bits per heavy atom. The van der Waals surface area contributed by atoms with Crippen LogP contribution in [0.1, 0.15) is 5.56 Å². The Balaban J connectivity index is 1.68. The van der Waals surface area contributed by atoms with E-state index in [2.05, 4.69) is 9.97 Å². The predicted molar refractivity (Wildman–Crippen MR) is 111 cm³/mol. The van der Waals surface area contributed by atoms with Gasteiger partial charge in [-0.15, -0.1) is 0 Å². The third-order valence-electron chi connectivity index (χ3n) is 4.90. The minimum Gasteiger partial charge on any atom is -0.423 e. The van der Waals surface area contributed by atoms with E-state index in [1.807, 2.05) is 54.6 Å². The highest BCUT2D eigenvalue weighted by Crippen LogP contribution is 2.31. The quantitative estimate of drug-likeness (QED) is 0.443. The number of anilines is 2. The standard InChI is InChI=1S/C23H15F2N3O2/c24-17-11-10-16-14(12-20(29)27-22(16)21(17)25)13-28(15-6-2-1-3-7-15)23-26-18-8-4-5-9-19(18)30-23/h1-12H,13H2,(H,27,29). The van der Waals surface area contributed by atoms with Gasteiger partial charge < -0.3 is 9.40 Å². The van der Waals surface area contributed by atoms with E-state index >= 15 is 0 Å². The molecule has 0 radical (unpaired) electrons. The molecule has 0 aliphatic heterocycles. The minimum absolute atomic E-state index is 0.164. The number of para-hydroxylation sites is 3. The number of oxazole rings is 1. The second kappa shape index (κ2) is 7.11. The molecule has 0 aliphatic carbocycles. The van der Waals surface area contributed by atoms with Crippen molar-refractivity contribution >= 4 is 33.7 Å². The normalized spacial score (nSPS) is 11.3. The Bertz CT molecular complexity index is 1390. The zero-order valence-electron chi connectivity index (χ0n) is 15.6. The molecule has 0 bridgehead atoms. The van der Waals surface area contributed by atoms with Crippen molar-refractivity contribution in [1.29, 1.82) is 0 Å². The average Bonchev–Trinajstić information content (AvgIpc) is 3.19. The molecular weight excluding hydrogens is 388 g/mol. The van der Waals surface area contributed by atoms with Gasteiger partial charge in [-0.05, 0) is 42.0 Å². The lowest BCUT2D eigenvalue weighted by atomic mass is 10.1. The van der Waals surface area contributed by atoms with Crippen LogP contribution in [-0.2, 0) is 6.54 Å². The molecule has 2 heterocycles. The van der Waals surface area contributed by atoms with E-state index in [1.54, 1.807) is 4.90 Å². The first-order chi connectivity index (χ1) is 14.6. The van der Waals surface area contributed by atoms with Gasteiger partial charge in [-0.1, -0.05) is 30.3 Å². The molecule has 3 aromatic carbocycles. The van der Waals surface area contributed by atoms with Gasteiger partial charge >= 0.3 is 6.01 Å². The van der Waals surface area contributed by atoms with Crippen molar-refractivity contribution in [3.63, 3.8) is 0 Å². The molecule has 7 heteroatoms. The molecule has 0 unspecified atom stereocenters. The first-order valence-corrected chi connectivity index (χ1v) is 9.28. The Morgan fingerprint density at radius 2 is 1.73 bits per heavy atom. The van der Waals surface area contributed by atoms with Crippen LogP contribution in [0.15, 0.2) is 82.0 Å². The Morgan fingerprint density at radius 3 is 2.53 bits per heavy atom. The van der Waals surface area contributed by atoms with E-state index < -0.39 is 17.2 Å². The lowest BCUT2D eigenvalue weighted by molar-refractivity contribution is 0.515. The summed E-state index contributed by atoms with van der Waals surface area (Å²) >= 11 is 0. The summed E-state index contributed by atoms with van der Waals surface area (Å²) in [7, 11) is 0. The van der Waals surface area contributed by atoms with Crippen LogP contribution in [0.5, 0.6) is 0 Å². The number of pyridine rings is 1. The van der Waals surface area contributed by atoms with E-state index in [0.29, 0.717) is 28.1 Å². The van der Waals surface area contributed by atoms with Gasteiger partial charge in [0.1, 0.15) is 5.52 Å². The summed E-state index contributed by atoms with van der Waals surface area (Å²) in [6.07, 6.45) is 0. The third kappa shape index (κ3) is 3.10. The van der Waals surface area contributed by atoms with Crippen molar-refractivity contribution in [2.45, 2.75) is 6.54 Å². The van der Waals surface area contributed by atoms with Crippen molar-refractivity contribution in [1.82, 2.24) is 9.97 Å². The molecule has 0 aliphatic rings. The fraction of sp³-hybridized carbons (Fsp3) is 0.0435. The largest absolute Gasteiger partial charge is 0.423 e. The molecule has 5 nitrogen and oxygen atoms in total. The van der Waals surface area contributed by atoms with E-state index in [1.165, 1.54) is 12.1 Å². The number of nitrogens with one attached hydrogen (secondary N) is 1. The number of benzene rings is 3. The number of nitrogens with zero attached hydrogens (tertiary/aromatic N) is 2. The van der Waals surface area contributed by atoms with E-state index in [-0.39, 0.29) is 12.1 Å². The summed E-state index contributed by atoms with van der Waals surface area (Å²) in [5, 5.41) is 0.408. The van der Waals surface area contributed by atoms with Gasteiger partial charge in [0, 0.05) is 17.1 Å². The van der Waals surface area contributed by atoms with Gasteiger partial charge in [0.2, 0.25) is 5.56 Å². The van der Waals surface area contributed by atoms with Gasteiger partial charge in [-0.2, -0.15) is 4.98 Å². The van der Waals surface area contributed by atoms with Crippen LogP contribution < -0.4 is 10.5 Å². The van der Waals surface area contributed by atoms with Crippen LogP contribution in [0, 0.1) is 11.6 Å². The number of halogens is 2.